The van der Waals surface area contributed by atoms with Gasteiger partial charge in [0.25, 0.3) is 5.91 Å². The molecule has 22 heavy (non-hydrogen) atoms. The first kappa shape index (κ1) is 14.6. The Kier molecular flexibility index (Phi) is 3.88. The summed E-state index contributed by atoms with van der Waals surface area (Å²) in [5.74, 6) is 0.827. The molecular weight excluding hydrogens is 274 g/mol. The van der Waals surface area contributed by atoms with Gasteiger partial charge in [0, 0.05) is 17.5 Å². The molecule has 2 aliphatic rings. The summed E-state index contributed by atoms with van der Waals surface area (Å²) in [6.07, 6.45) is 11.4. The van der Waals surface area contributed by atoms with E-state index in [1.165, 1.54) is 0 Å². The molecule has 1 aromatic carbocycles. The lowest BCUT2D eigenvalue weighted by atomic mass is 9.91. The number of allylic oxidation sites excluding steroid dienone is 4. The van der Waals surface area contributed by atoms with Crippen LogP contribution in [0.15, 0.2) is 54.2 Å². The Balaban J connectivity index is 1.72. The van der Waals surface area contributed by atoms with Gasteiger partial charge in [-0.05, 0) is 35.8 Å². The van der Waals surface area contributed by atoms with E-state index in [9.17, 15) is 4.79 Å². The fraction of sp³-hybridized carbons (Fsp3) is 0.316. The molecule has 0 atom stereocenters. The first-order chi connectivity index (χ1) is 10.5. The molecule has 1 aliphatic heterocycles. The Morgan fingerprint density at radius 2 is 2.14 bits per heavy atom. The molecule has 0 unspecified atom stereocenters. The summed E-state index contributed by atoms with van der Waals surface area (Å²) in [6, 6.07) is 5.70. The van der Waals surface area contributed by atoms with Crippen LogP contribution in [0.25, 0.3) is 0 Å². The van der Waals surface area contributed by atoms with Crippen LogP contribution in [0, 0.1) is 5.41 Å². The highest BCUT2D eigenvalue weighted by molar-refractivity contribution is 5.96. The van der Waals surface area contributed by atoms with Crippen LogP contribution in [0.5, 0.6) is 5.75 Å². The van der Waals surface area contributed by atoms with Crippen LogP contribution in [0.3, 0.4) is 0 Å². The van der Waals surface area contributed by atoms with Crippen molar-refractivity contribution < 1.29 is 9.53 Å². The largest absolute Gasteiger partial charge is 0.489 e. The van der Waals surface area contributed by atoms with Gasteiger partial charge in [-0.25, -0.2) is 0 Å². The van der Waals surface area contributed by atoms with Gasteiger partial charge in [0.1, 0.15) is 12.4 Å². The quantitative estimate of drug-likeness (QED) is 0.928. The molecule has 3 heteroatoms. The Morgan fingerprint density at radius 1 is 1.27 bits per heavy atom. The maximum atomic E-state index is 11.7. The van der Waals surface area contributed by atoms with Gasteiger partial charge in [0.05, 0.1) is 0 Å². The molecule has 3 nitrogen and oxygen atoms in total. The predicted octanol–water partition coefficient (Wildman–Crippen LogP) is 3.43. The van der Waals surface area contributed by atoms with Crippen LogP contribution < -0.4 is 10.1 Å². The molecule has 0 saturated heterocycles. The van der Waals surface area contributed by atoms with Gasteiger partial charge in [-0.2, -0.15) is 0 Å². The second-order valence-electron chi connectivity index (χ2n) is 6.37. The smallest absolute Gasteiger partial charge is 0.251 e. The maximum Gasteiger partial charge on any atom is 0.251 e. The van der Waals surface area contributed by atoms with Gasteiger partial charge in [-0.15, -0.1) is 0 Å². The van der Waals surface area contributed by atoms with E-state index in [0.717, 1.165) is 28.9 Å². The van der Waals surface area contributed by atoms with Crippen molar-refractivity contribution in [2.24, 2.45) is 5.41 Å². The number of carbonyl (C=O) groups is 1. The van der Waals surface area contributed by atoms with Gasteiger partial charge in [0.15, 0.2) is 0 Å². The number of hydrogen-bond donors (Lipinski definition) is 1. The molecule has 0 saturated carbocycles. The minimum absolute atomic E-state index is 0.00929. The molecule has 1 aliphatic carbocycles. The Morgan fingerprint density at radius 3 is 3.00 bits per heavy atom. The predicted molar refractivity (Wildman–Crippen MR) is 88.1 cm³/mol. The third-order valence-electron chi connectivity index (χ3n) is 3.91. The van der Waals surface area contributed by atoms with Crippen LogP contribution in [0.4, 0.5) is 0 Å². The van der Waals surface area contributed by atoms with Gasteiger partial charge < -0.3 is 10.1 Å². The summed E-state index contributed by atoms with van der Waals surface area (Å²) in [5.41, 5.74) is 3.02. The van der Waals surface area contributed by atoms with Crippen LogP contribution in [-0.2, 0) is 6.42 Å². The van der Waals surface area contributed by atoms with Gasteiger partial charge >= 0.3 is 0 Å². The zero-order valence-electron chi connectivity index (χ0n) is 13.1. The lowest BCUT2D eigenvalue weighted by molar-refractivity contribution is 0.0946. The average Bonchev–Trinajstić information content (AvgIpc) is 2.66. The summed E-state index contributed by atoms with van der Waals surface area (Å²) >= 11 is 0. The summed E-state index contributed by atoms with van der Waals surface area (Å²) in [6.45, 7) is 5.58. The summed E-state index contributed by atoms with van der Waals surface area (Å²) in [5, 5.41) is 2.85. The first-order valence-corrected chi connectivity index (χ1v) is 7.65. The van der Waals surface area contributed by atoms with Crippen LogP contribution in [0.2, 0.25) is 0 Å². The Hall–Kier alpha value is -2.29. The molecule has 0 aromatic heterocycles. The summed E-state index contributed by atoms with van der Waals surface area (Å²) < 4.78 is 5.92. The van der Waals surface area contributed by atoms with Gasteiger partial charge in [0.2, 0.25) is 0 Å². The van der Waals surface area contributed by atoms with E-state index in [2.05, 4.69) is 43.5 Å². The van der Waals surface area contributed by atoms with Crippen molar-refractivity contribution in [3.8, 4) is 5.75 Å². The molecule has 1 aromatic rings. The average molecular weight is 295 g/mol. The third-order valence-corrected chi connectivity index (χ3v) is 3.91. The van der Waals surface area contributed by atoms with E-state index in [-0.39, 0.29) is 11.3 Å². The first-order valence-electron chi connectivity index (χ1n) is 7.65. The Labute approximate surface area is 131 Å². The number of fused-ring (bicyclic) bond motifs is 1. The molecule has 1 heterocycles. The lowest BCUT2D eigenvalue weighted by Gasteiger charge is -2.18. The number of nitrogens with one attached hydrogen (secondary N) is 1. The normalized spacial score (nSPS) is 19.0. The van der Waals surface area contributed by atoms with Gasteiger partial charge in [-0.3, -0.25) is 4.79 Å². The van der Waals surface area contributed by atoms with E-state index in [4.69, 9.17) is 4.74 Å². The van der Waals surface area contributed by atoms with Crippen molar-refractivity contribution >= 4 is 5.91 Å². The molecule has 1 amide bonds. The Bertz CT molecular complexity index is 681. The van der Waals surface area contributed by atoms with Crippen LogP contribution in [-0.4, -0.2) is 19.1 Å². The molecule has 0 spiro atoms. The maximum absolute atomic E-state index is 11.7. The second-order valence-corrected chi connectivity index (χ2v) is 6.37. The van der Waals surface area contributed by atoms with E-state index in [1.807, 2.05) is 24.3 Å². The molecule has 0 bridgehead atoms. The molecule has 0 radical (unpaired) electrons. The van der Waals surface area contributed by atoms with Crippen LogP contribution >= 0.6 is 0 Å². The molecule has 114 valence electrons. The monoisotopic (exact) mass is 295 g/mol. The minimum Gasteiger partial charge on any atom is -0.489 e. The molecular formula is C19H21NO2. The standard InChI is InChI=1S/C19H21NO2/c1-19(2)9-4-3-5-14(12-19)13-22-16-6-7-17-15(11-16)8-10-20-18(17)21/h3-7,9,11-12H,8,10,13H2,1-2H3,(H,20,21). The van der Waals surface area contributed by atoms with Crippen molar-refractivity contribution in [1.29, 1.82) is 0 Å². The highest BCUT2D eigenvalue weighted by Gasteiger charge is 2.17. The highest BCUT2D eigenvalue weighted by atomic mass is 16.5. The molecule has 1 N–H and O–H groups in total. The van der Waals surface area contributed by atoms with E-state index >= 15 is 0 Å². The SMILES string of the molecule is CC1(C)C=CC=CC(COc2ccc3c(c2)CCNC3=O)=C1. The van der Waals surface area contributed by atoms with Crippen molar-refractivity contribution in [2.45, 2.75) is 20.3 Å². The number of ether oxygens (including phenoxy) is 1. The number of rotatable bonds is 3. The number of hydrogen-bond acceptors (Lipinski definition) is 2. The molecule has 0 fully saturated rings. The van der Waals surface area contributed by atoms with Crippen molar-refractivity contribution in [1.82, 2.24) is 5.32 Å². The van der Waals surface area contributed by atoms with E-state index < -0.39 is 0 Å². The highest BCUT2D eigenvalue weighted by Crippen LogP contribution is 2.25. The fourth-order valence-corrected chi connectivity index (χ4v) is 2.81. The van der Waals surface area contributed by atoms with E-state index in [0.29, 0.717) is 13.2 Å². The fourth-order valence-electron chi connectivity index (χ4n) is 2.81. The zero-order valence-corrected chi connectivity index (χ0v) is 13.1. The summed E-state index contributed by atoms with van der Waals surface area (Å²) in [7, 11) is 0. The van der Waals surface area contributed by atoms with Crippen LogP contribution in [0.1, 0.15) is 29.8 Å². The van der Waals surface area contributed by atoms with E-state index in [1.54, 1.807) is 0 Å². The number of amides is 1. The van der Waals surface area contributed by atoms with Crippen molar-refractivity contribution in [2.75, 3.05) is 13.2 Å². The van der Waals surface area contributed by atoms with Crippen molar-refractivity contribution in [3.05, 3.63) is 65.3 Å². The molecule has 3 rings (SSSR count). The minimum atomic E-state index is 0.00929. The topological polar surface area (TPSA) is 38.3 Å². The summed E-state index contributed by atoms with van der Waals surface area (Å²) in [4.78, 5) is 11.7. The number of benzene rings is 1. The lowest BCUT2D eigenvalue weighted by Crippen LogP contribution is -2.31. The third kappa shape index (κ3) is 3.30. The van der Waals surface area contributed by atoms with Gasteiger partial charge in [-0.1, -0.05) is 44.2 Å². The zero-order chi connectivity index (χ0) is 15.6. The second kappa shape index (κ2) is 5.84. The van der Waals surface area contributed by atoms with Crippen molar-refractivity contribution in [3.63, 3.8) is 0 Å². The number of carbonyl (C=O) groups excluding carboxylic acids is 1.